The molecule has 0 amide bonds. The summed E-state index contributed by atoms with van der Waals surface area (Å²) >= 11 is 0. The largest absolute Gasteiger partial charge is 0.417 e. The first kappa shape index (κ1) is 15.7. The van der Waals surface area contributed by atoms with E-state index in [4.69, 9.17) is 15.9 Å². The van der Waals surface area contributed by atoms with Gasteiger partial charge in [0.25, 0.3) is 15.5 Å². The highest BCUT2D eigenvalue weighted by Crippen LogP contribution is 2.40. The third kappa shape index (κ3) is 3.33. The Morgan fingerprint density at radius 3 is 2.11 bits per heavy atom. The van der Waals surface area contributed by atoms with Crippen LogP contribution in [0.3, 0.4) is 0 Å². The Hall–Kier alpha value is -1.40. The van der Waals surface area contributed by atoms with Gasteiger partial charge in [0, 0.05) is 16.2 Å². The Bertz CT molecular complexity index is 648. The predicted octanol–water partition coefficient (Wildman–Crippen LogP) is 3.44. The van der Waals surface area contributed by atoms with Crippen molar-refractivity contribution in [1.29, 1.82) is 5.26 Å². The Morgan fingerprint density at radius 1 is 1.26 bits per heavy atom. The van der Waals surface area contributed by atoms with Crippen LogP contribution >= 0.6 is 10.7 Å². The van der Waals surface area contributed by atoms with E-state index in [-0.39, 0.29) is 6.07 Å². The molecule has 0 aliphatic heterocycles. The number of rotatable bonds is 2. The molecular formula is C9H3ClF5NO2S. The molecule has 0 saturated heterocycles. The monoisotopic (exact) mass is 319 g/mol. The lowest BCUT2D eigenvalue weighted by Gasteiger charge is -2.14. The number of benzene rings is 1. The van der Waals surface area contributed by atoms with E-state index in [0.717, 1.165) is 0 Å². The minimum atomic E-state index is -5.24. The lowest BCUT2D eigenvalue weighted by atomic mass is 10.1. The third-order valence-corrected chi connectivity index (χ3v) is 3.44. The van der Waals surface area contributed by atoms with Crippen LogP contribution in [-0.2, 0) is 15.2 Å². The smallest absolute Gasteiger partial charge is 0.207 e. The van der Waals surface area contributed by atoms with Crippen LogP contribution in [0.15, 0.2) is 17.0 Å². The molecule has 0 bridgehead atoms. The van der Waals surface area contributed by atoms with Crippen molar-refractivity contribution in [2.24, 2.45) is 0 Å². The molecular weight excluding hydrogens is 317 g/mol. The van der Waals surface area contributed by atoms with Crippen LogP contribution in [0.2, 0.25) is 0 Å². The van der Waals surface area contributed by atoms with Gasteiger partial charge < -0.3 is 0 Å². The molecule has 1 rings (SSSR count). The van der Waals surface area contributed by atoms with Gasteiger partial charge in [-0.3, -0.25) is 0 Å². The fourth-order valence-corrected chi connectivity index (χ4v) is 2.74. The number of hydrogen-bond donors (Lipinski definition) is 0. The minimum absolute atomic E-state index is 0.154. The van der Waals surface area contributed by atoms with E-state index < -0.39 is 43.2 Å². The van der Waals surface area contributed by atoms with Crippen LogP contribution in [0.25, 0.3) is 0 Å². The molecule has 0 aliphatic carbocycles. The summed E-state index contributed by atoms with van der Waals surface area (Å²) < 4.78 is 85.4. The van der Waals surface area contributed by atoms with Crippen LogP contribution in [0.1, 0.15) is 23.1 Å². The molecule has 0 N–H and O–H groups in total. The summed E-state index contributed by atoms with van der Waals surface area (Å²) in [4.78, 5) is -1.73. The maximum atomic E-state index is 12.7. The molecule has 0 heterocycles. The lowest BCUT2D eigenvalue weighted by Crippen LogP contribution is -2.14. The van der Waals surface area contributed by atoms with Gasteiger partial charge in [0.15, 0.2) is 0 Å². The van der Waals surface area contributed by atoms with Gasteiger partial charge in [-0.25, -0.2) is 17.2 Å². The molecule has 0 spiro atoms. The highest BCUT2D eigenvalue weighted by atomic mass is 35.7. The van der Waals surface area contributed by atoms with Crippen molar-refractivity contribution in [3.8, 4) is 6.07 Å². The number of hydrogen-bond acceptors (Lipinski definition) is 3. The summed E-state index contributed by atoms with van der Waals surface area (Å²) in [7, 11) is -0.284. The topological polar surface area (TPSA) is 57.9 Å². The maximum absolute atomic E-state index is 12.7. The van der Waals surface area contributed by atoms with E-state index in [1.807, 2.05) is 0 Å². The molecule has 0 aromatic heterocycles. The van der Waals surface area contributed by atoms with Crippen LogP contribution in [0.5, 0.6) is 0 Å². The molecule has 3 nitrogen and oxygen atoms in total. The second-order valence-electron chi connectivity index (χ2n) is 3.29. The quantitative estimate of drug-likeness (QED) is 0.619. The van der Waals surface area contributed by atoms with Gasteiger partial charge >= 0.3 is 6.18 Å². The summed E-state index contributed by atoms with van der Waals surface area (Å²) in [5.41, 5.74) is -4.09. The molecule has 0 atom stereocenters. The normalized spacial score (nSPS) is 12.5. The number of nitriles is 1. The zero-order valence-corrected chi connectivity index (χ0v) is 10.2. The summed E-state index contributed by atoms with van der Waals surface area (Å²) in [6, 6.07) is 1.75. The number of nitrogens with zero attached hydrogens (tertiary/aromatic N) is 1. The minimum Gasteiger partial charge on any atom is -0.207 e. The summed E-state index contributed by atoms with van der Waals surface area (Å²) in [5.74, 6) is 0. The van der Waals surface area contributed by atoms with E-state index in [0.29, 0.717) is 6.07 Å². The average molecular weight is 320 g/mol. The second-order valence-corrected chi connectivity index (χ2v) is 5.79. The van der Waals surface area contributed by atoms with E-state index in [1.165, 1.54) is 6.07 Å². The highest BCUT2D eigenvalue weighted by molar-refractivity contribution is 8.13. The van der Waals surface area contributed by atoms with Gasteiger partial charge in [-0.05, 0) is 12.1 Å². The molecule has 10 heteroatoms. The molecule has 1 aromatic carbocycles. The van der Waals surface area contributed by atoms with Crippen molar-refractivity contribution in [2.45, 2.75) is 17.5 Å². The first-order valence-electron chi connectivity index (χ1n) is 4.36. The van der Waals surface area contributed by atoms with Crippen LogP contribution < -0.4 is 0 Å². The molecule has 0 aliphatic rings. The molecule has 19 heavy (non-hydrogen) atoms. The molecule has 1 aromatic rings. The number of halogens is 6. The fourth-order valence-electron chi connectivity index (χ4n) is 1.36. The van der Waals surface area contributed by atoms with Gasteiger partial charge in [0.1, 0.15) is 4.90 Å². The van der Waals surface area contributed by atoms with E-state index in [1.54, 1.807) is 0 Å². The van der Waals surface area contributed by atoms with Crippen molar-refractivity contribution in [2.75, 3.05) is 0 Å². The molecule has 0 radical (unpaired) electrons. The van der Waals surface area contributed by atoms with E-state index in [2.05, 4.69) is 0 Å². The summed E-state index contributed by atoms with van der Waals surface area (Å²) in [6.07, 6.45) is -8.77. The molecule has 0 unspecified atom stereocenters. The third-order valence-electron chi connectivity index (χ3n) is 2.03. The van der Waals surface area contributed by atoms with Crippen LogP contribution in [0, 0.1) is 11.3 Å². The molecule has 0 saturated carbocycles. The Labute approximate surface area is 108 Å². The first-order chi connectivity index (χ1) is 8.48. The van der Waals surface area contributed by atoms with Crippen LogP contribution in [-0.4, -0.2) is 8.42 Å². The van der Waals surface area contributed by atoms with Crippen molar-refractivity contribution in [3.05, 3.63) is 28.8 Å². The van der Waals surface area contributed by atoms with E-state index >= 15 is 0 Å². The highest BCUT2D eigenvalue weighted by Gasteiger charge is 2.40. The Morgan fingerprint density at radius 2 is 1.79 bits per heavy atom. The summed E-state index contributed by atoms with van der Waals surface area (Å²) in [5, 5.41) is 8.48. The predicted molar refractivity (Wildman–Crippen MR) is 54.2 cm³/mol. The summed E-state index contributed by atoms with van der Waals surface area (Å²) in [6.45, 7) is 0. The average Bonchev–Trinajstić information content (AvgIpc) is 2.24. The Kier molecular flexibility index (Phi) is 4.07. The van der Waals surface area contributed by atoms with Crippen molar-refractivity contribution < 1.29 is 30.4 Å². The zero-order chi connectivity index (χ0) is 15.0. The van der Waals surface area contributed by atoms with Crippen LogP contribution in [0.4, 0.5) is 22.0 Å². The maximum Gasteiger partial charge on any atom is 0.417 e. The van der Waals surface area contributed by atoms with Gasteiger partial charge in [0.2, 0.25) is 0 Å². The zero-order valence-electron chi connectivity index (χ0n) is 8.67. The van der Waals surface area contributed by atoms with E-state index in [9.17, 15) is 30.4 Å². The molecule has 104 valence electrons. The molecule has 0 fully saturated rings. The van der Waals surface area contributed by atoms with Crippen molar-refractivity contribution in [1.82, 2.24) is 0 Å². The Balaban J connectivity index is 3.90. The van der Waals surface area contributed by atoms with Gasteiger partial charge in [-0.2, -0.15) is 18.4 Å². The lowest BCUT2D eigenvalue weighted by molar-refractivity contribution is -0.140. The standard InChI is InChI=1S/C9H3ClF5NO2S/c10-19(17,18)7-5(8(11)12)1-4(3-16)2-6(7)9(13,14)15/h1-2,8H. The van der Waals surface area contributed by atoms with Gasteiger partial charge in [-0.1, -0.05) is 0 Å². The van der Waals surface area contributed by atoms with Gasteiger partial charge in [-0.15, -0.1) is 0 Å². The fraction of sp³-hybridized carbons (Fsp3) is 0.222. The van der Waals surface area contributed by atoms with Gasteiger partial charge in [0.05, 0.1) is 17.2 Å². The second kappa shape index (κ2) is 4.94. The van der Waals surface area contributed by atoms with Crippen molar-refractivity contribution >= 4 is 19.7 Å². The SMILES string of the molecule is N#Cc1cc(C(F)F)c(S(=O)(=O)Cl)c(C(F)(F)F)c1. The number of alkyl halides is 5. The van der Waals surface area contributed by atoms with Crippen molar-refractivity contribution in [3.63, 3.8) is 0 Å². The first-order valence-corrected chi connectivity index (χ1v) is 6.67.